The second kappa shape index (κ2) is 3.29. The molecule has 1 atom stereocenters. The average Bonchev–Trinajstić information content (AvgIpc) is 2.74. The SMILES string of the molecule is CC1(C)CC1(CO)c1cccc(F)c1Br. The fraction of sp³-hybridized carbons (Fsp3) is 0.500. The van der Waals surface area contributed by atoms with Crippen LogP contribution in [0.2, 0.25) is 0 Å². The van der Waals surface area contributed by atoms with Gasteiger partial charge < -0.3 is 5.11 Å². The van der Waals surface area contributed by atoms with Crippen molar-refractivity contribution in [3.8, 4) is 0 Å². The minimum absolute atomic E-state index is 0.0536. The molecule has 1 aliphatic carbocycles. The predicted molar refractivity (Wildman–Crippen MR) is 61.3 cm³/mol. The molecule has 0 radical (unpaired) electrons. The summed E-state index contributed by atoms with van der Waals surface area (Å²) in [6.07, 6.45) is 0.901. The zero-order chi connectivity index (χ0) is 11.3. The highest BCUT2D eigenvalue weighted by Gasteiger charge is 2.62. The lowest BCUT2D eigenvalue weighted by Crippen LogP contribution is -2.20. The quantitative estimate of drug-likeness (QED) is 0.877. The van der Waals surface area contributed by atoms with Gasteiger partial charge in [-0.3, -0.25) is 0 Å². The van der Waals surface area contributed by atoms with Gasteiger partial charge in [-0.05, 0) is 39.4 Å². The number of aliphatic hydroxyl groups is 1. The first kappa shape index (κ1) is 11.1. The first-order valence-electron chi connectivity index (χ1n) is 5.00. The van der Waals surface area contributed by atoms with Crippen molar-refractivity contribution >= 4 is 15.9 Å². The van der Waals surface area contributed by atoms with Crippen LogP contribution >= 0.6 is 15.9 Å². The van der Waals surface area contributed by atoms with E-state index in [0.717, 1.165) is 12.0 Å². The summed E-state index contributed by atoms with van der Waals surface area (Å²) in [4.78, 5) is 0. The molecule has 0 aliphatic heterocycles. The maximum Gasteiger partial charge on any atom is 0.137 e. The molecule has 1 nitrogen and oxygen atoms in total. The van der Waals surface area contributed by atoms with Crippen LogP contribution in [-0.2, 0) is 5.41 Å². The number of halogens is 2. The number of hydrogen-bond donors (Lipinski definition) is 1. The Morgan fingerprint density at radius 3 is 2.53 bits per heavy atom. The van der Waals surface area contributed by atoms with E-state index in [1.807, 2.05) is 6.07 Å². The second-order valence-electron chi connectivity index (χ2n) is 4.90. The molecule has 1 fully saturated rings. The van der Waals surface area contributed by atoms with Crippen LogP contribution in [0.25, 0.3) is 0 Å². The molecule has 1 N–H and O–H groups in total. The van der Waals surface area contributed by atoms with Crippen LogP contribution in [0.4, 0.5) is 4.39 Å². The molecule has 15 heavy (non-hydrogen) atoms. The summed E-state index contributed by atoms with van der Waals surface area (Å²) in [6.45, 7) is 4.27. The van der Waals surface area contributed by atoms with Gasteiger partial charge in [-0.15, -0.1) is 0 Å². The van der Waals surface area contributed by atoms with E-state index in [1.54, 1.807) is 6.07 Å². The zero-order valence-corrected chi connectivity index (χ0v) is 10.4. The van der Waals surface area contributed by atoms with Gasteiger partial charge in [-0.25, -0.2) is 4.39 Å². The summed E-state index contributed by atoms with van der Waals surface area (Å²) >= 11 is 3.26. The van der Waals surface area contributed by atoms with Gasteiger partial charge in [-0.1, -0.05) is 26.0 Å². The van der Waals surface area contributed by atoms with Crippen molar-refractivity contribution in [1.29, 1.82) is 0 Å². The smallest absolute Gasteiger partial charge is 0.137 e. The van der Waals surface area contributed by atoms with E-state index in [4.69, 9.17) is 0 Å². The molecular formula is C12H14BrFO. The van der Waals surface area contributed by atoms with E-state index < -0.39 is 0 Å². The molecule has 1 unspecified atom stereocenters. The number of hydrogen-bond acceptors (Lipinski definition) is 1. The lowest BCUT2D eigenvalue weighted by atomic mass is 9.89. The van der Waals surface area contributed by atoms with Crippen LogP contribution in [0.15, 0.2) is 22.7 Å². The van der Waals surface area contributed by atoms with Gasteiger partial charge in [0.1, 0.15) is 5.82 Å². The molecule has 0 saturated heterocycles. The molecule has 0 bridgehead atoms. The maximum absolute atomic E-state index is 13.4. The number of benzene rings is 1. The lowest BCUT2D eigenvalue weighted by molar-refractivity contribution is 0.230. The Morgan fingerprint density at radius 1 is 1.47 bits per heavy atom. The third kappa shape index (κ3) is 1.44. The van der Waals surface area contributed by atoms with Crippen LogP contribution in [0, 0.1) is 11.2 Å². The van der Waals surface area contributed by atoms with Crippen molar-refractivity contribution in [2.24, 2.45) is 5.41 Å². The lowest BCUT2D eigenvalue weighted by Gasteiger charge is -2.20. The second-order valence-corrected chi connectivity index (χ2v) is 5.70. The van der Waals surface area contributed by atoms with Crippen molar-refractivity contribution in [3.63, 3.8) is 0 Å². The molecule has 82 valence electrons. The molecule has 1 aliphatic rings. The first-order chi connectivity index (χ1) is 6.94. The summed E-state index contributed by atoms with van der Waals surface area (Å²) in [5.41, 5.74) is 0.668. The molecule has 2 rings (SSSR count). The van der Waals surface area contributed by atoms with Crippen molar-refractivity contribution < 1.29 is 9.50 Å². The topological polar surface area (TPSA) is 20.2 Å². The number of aliphatic hydroxyl groups excluding tert-OH is 1. The van der Waals surface area contributed by atoms with Crippen LogP contribution < -0.4 is 0 Å². The van der Waals surface area contributed by atoms with Crippen molar-refractivity contribution in [3.05, 3.63) is 34.1 Å². The molecular weight excluding hydrogens is 259 g/mol. The van der Waals surface area contributed by atoms with Crippen LogP contribution in [-0.4, -0.2) is 11.7 Å². The van der Waals surface area contributed by atoms with Gasteiger partial charge in [0.2, 0.25) is 0 Å². The molecule has 1 aromatic carbocycles. The summed E-state index contributed by atoms with van der Waals surface area (Å²) < 4.78 is 13.9. The van der Waals surface area contributed by atoms with E-state index >= 15 is 0 Å². The zero-order valence-electron chi connectivity index (χ0n) is 8.85. The Balaban J connectivity index is 2.51. The molecule has 3 heteroatoms. The average molecular weight is 273 g/mol. The van der Waals surface area contributed by atoms with Crippen LogP contribution in [0.5, 0.6) is 0 Å². The Kier molecular flexibility index (Phi) is 2.43. The molecule has 1 aromatic rings. The largest absolute Gasteiger partial charge is 0.395 e. The Hall–Kier alpha value is -0.410. The van der Waals surface area contributed by atoms with Gasteiger partial charge in [-0.2, -0.15) is 0 Å². The van der Waals surface area contributed by atoms with E-state index in [-0.39, 0.29) is 23.3 Å². The fourth-order valence-electron chi connectivity index (χ4n) is 2.40. The molecule has 0 spiro atoms. The van der Waals surface area contributed by atoms with E-state index in [9.17, 15) is 9.50 Å². The minimum atomic E-state index is -0.270. The van der Waals surface area contributed by atoms with Crippen molar-refractivity contribution in [2.75, 3.05) is 6.61 Å². The Labute approximate surface area is 97.4 Å². The van der Waals surface area contributed by atoms with Crippen molar-refractivity contribution in [2.45, 2.75) is 25.7 Å². The van der Waals surface area contributed by atoms with E-state index in [0.29, 0.717) is 4.47 Å². The molecule has 0 heterocycles. The highest BCUT2D eigenvalue weighted by Crippen LogP contribution is 2.65. The fourth-order valence-corrected chi connectivity index (χ4v) is 3.04. The summed E-state index contributed by atoms with van der Waals surface area (Å²) in [7, 11) is 0. The van der Waals surface area contributed by atoms with Crippen molar-refractivity contribution in [1.82, 2.24) is 0 Å². The van der Waals surface area contributed by atoms with Gasteiger partial charge >= 0.3 is 0 Å². The minimum Gasteiger partial charge on any atom is -0.395 e. The standard InChI is InChI=1S/C12H14BrFO/c1-11(2)6-12(11,7-15)8-4-3-5-9(14)10(8)13/h3-5,15H,6-7H2,1-2H3. The normalized spacial score (nSPS) is 27.8. The van der Waals surface area contributed by atoms with Gasteiger partial charge in [0, 0.05) is 5.41 Å². The highest BCUT2D eigenvalue weighted by atomic mass is 79.9. The third-order valence-corrected chi connectivity index (χ3v) is 4.46. The Bertz CT molecular complexity index is 403. The van der Waals surface area contributed by atoms with E-state index in [1.165, 1.54) is 6.07 Å². The molecule has 1 saturated carbocycles. The van der Waals surface area contributed by atoms with E-state index in [2.05, 4.69) is 29.8 Å². The van der Waals surface area contributed by atoms with Gasteiger partial charge in [0.25, 0.3) is 0 Å². The van der Waals surface area contributed by atoms with Crippen LogP contribution in [0.1, 0.15) is 25.8 Å². The first-order valence-corrected chi connectivity index (χ1v) is 5.79. The van der Waals surface area contributed by atoms with Gasteiger partial charge in [0.05, 0.1) is 11.1 Å². The monoisotopic (exact) mass is 272 g/mol. The Morgan fingerprint density at radius 2 is 2.07 bits per heavy atom. The number of rotatable bonds is 2. The van der Waals surface area contributed by atoms with Crippen LogP contribution in [0.3, 0.4) is 0 Å². The predicted octanol–water partition coefficient (Wildman–Crippen LogP) is 3.25. The summed E-state index contributed by atoms with van der Waals surface area (Å²) in [5, 5.41) is 9.52. The summed E-state index contributed by atoms with van der Waals surface area (Å²) in [6, 6.07) is 5.01. The maximum atomic E-state index is 13.4. The third-order valence-electron chi connectivity index (χ3n) is 3.65. The summed E-state index contributed by atoms with van der Waals surface area (Å²) in [5.74, 6) is -0.261. The molecule has 0 amide bonds. The molecule has 0 aromatic heterocycles. The highest BCUT2D eigenvalue weighted by molar-refractivity contribution is 9.10. The van der Waals surface area contributed by atoms with Gasteiger partial charge in [0.15, 0.2) is 0 Å².